The van der Waals surface area contributed by atoms with Crippen molar-refractivity contribution < 1.29 is 9.18 Å². The molecular formula is C24H22Cl2FN3O. The number of carbonyl (C=O) groups excluding carboxylic acids is 1. The van der Waals surface area contributed by atoms with Crippen molar-refractivity contribution in [2.75, 3.05) is 36.4 Å². The van der Waals surface area contributed by atoms with Gasteiger partial charge in [0.15, 0.2) is 0 Å². The molecule has 4 rings (SSSR count). The lowest BCUT2D eigenvalue weighted by Gasteiger charge is -2.36. The van der Waals surface area contributed by atoms with Gasteiger partial charge in [-0.25, -0.2) is 4.39 Å². The number of hydrogen-bond donors (Lipinski definition) is 1. The molecule has 1 fully saturated rings. The Morgan fingerprint density at radius 3 is 2.35 bits per heavy atom. The highest BCUT2D eigenvalue weighted by Crippen LogP contribution is 2.24. The van der Waals surface area contributed by atoms with E-state index in [0.717, 1.165) is 37.4 Å². The lowest BCUT2D eigenvalue weighted by atomic mass is 10.1. The van der Waals surface area contributed by atoms with E-state index in [0.29, 0.717) is 27.8 Å². The average molecular weight is 458 g/mol. The van der Waals surface area contributed by atoms with Crippen molar-refractivity contribution in [3.8, 4) is 0 Å². The van der Waals surface area contributed by atoms with Gasteiger partial charge in [0, 0.05) is 54.7 Å². The Kier molecular flexibility index (Phi) is 6.76. The molecule has 1 saturated heterocycles. The summed E-state index contributed by atoms with van der Waals surface area (Å²) in [7, 11) is 0. The number of benzene rings is 3. The third-order valence-corrected chi connectivity index (χ3v) is 5.95. The van der Waals surface area contributed by atoms with Crippen molar-refractivity contribution in [2.24, 2.45) is 0 Å². The van der Waals surface area contributed by atoms with E-state index < -0.39 is 0 Å². The molecule has 7 heteroatoms. The molecule has 0 spiro atoms. The quantitative estimate of drug-likeness (QED) is 0.532. The topological polar surface area (TPSA) is 35.6 Å². The molecule has 3 aromatic rings. The number of halogens is 3. The van der Waals surface area contributed by atoms with Gasteiger partial charge in [-0.15, -0.1) is 0 Å². The van der Waals surface area contributed by atoms with Gasteiger partial charge in [0.05, 0.1) is 10.6 Å². The maximum absolute atomic E-state index is 13.9. The number of amides is 1. The summed E-state index contributed by atoms with van der Waals surface area (Å²) >= 11 is 12.1. The third kappa shape index (κ3) is 5.37. The number of hydrogen-bond acceptors (Lipinski definition) is 3. The number of carbonyl (C=O) groups is 1. The van der Waals surface area contributed by atoms with Crippen LogP contribution in [0.25, 0.3) is 0 Å². The number of nitrogens with one attached hydrogen (secondary N) is 1. The van der Waals surface area contributed by atoms with Crippen LogP contribution in [0.4, 0.5) is 15.8 Å². The van der Waals surface area contributed by atoms with Crippen molar-refractivity contribution in [2.45, 2.75) is 6.54 Å². The fraction of sp³-hybridized carbons (Fsp3) is 0.208. The third-order valence-electron chi connectivity index (χ3n) is 5.39. The van der Waals surface area contributed by atoms with Crippen LogP contribution in [-0.4, -0.2) is 37.0 Å². The van der Waals surface area contributed by atoms with E-state index in [-0.39, 0.29) is 11.7 Å². The van der Waals surface area contributed by atoms with Gasteiger partial charge < -0.3 is 10.2 Å². The summed E-state index contributed by atoms with van der Waals surface area (Å²) in [6.45, 7) is 4.06. The van der Waals surface area contributed by atoms with Crippen LogP contribution in [0.3, 0.4) is 0 Å². The molecular weight excluding hydrogens is 436 g/mol. The number of piperazine rings is 1. The molecule has 1 aliphatic heterocycles. The van der Waals surface area contributed by atoms with Gasteiger partial charge in [-0.3, -0.25) is 9.69 Å². The molecule has 1 amide bonds. The fourth-order valence-electron chi connectivity index (χ4n) is 3.66. The van der Waals surface area contributed by atoms with Gasteiger partial charge in [-0.1, -0.05) is 41.4 Å². The molecule has 3 aromatic carbocycles. The van der Waals surface area contributed by atoms with Crippen molar-refractivity contribution in [1.82, 2.24) is 4.90 Å². The molecule has 0 atom stereocenters. The normalized spacial score (nSPS) is 14.5. The molecule has 1 heterocycles. The van der Waals surface area contributed by atoms with Crippen molar-refractivity contribution >= 4 is 40.5 Å². The zero-order chi connectivity index (χ0) is 21.8. The van der Waals surface area contributed by atoms with Gasteiger partial charge >= 0.3 is 0 Å². The minimum absolute atomic E-state index is 0.151. The first-order chi connectivity index (χ1) is 15.0. The highest BCUT2D eigenvalue weighted by atomic mass is 35.5. The van der Waals surface area contributed by atoms with Crippen LogP contribution < -0.4 is 10.2 Å². The molecule has 0 saturated carbocycles. The van der Waals surface area contributed by atoms with Crippen LogP contribution in [-0.2, 0) is 6.54 Å². The standard InChI is InChI=1S/C24H22Cl2FN3O/c25-18-5-10-22(26)21(15-18)24(31)28-19-6-8-20(9-7-19)30-13-11-29(12-14-30)16-17-3-1-2-4-23(17)27/h1-10,15H,11-14,16H2,(H,28,31). The smallest absolute Gasteiger partial charge is 0.257 e. The lowest BCUT2D eigenvalue weighted by Crippen LogP contribution is -2.46. The molecule has 0 aliphatic carbocycles. The van der Waals surface area contributed by atoms with Gasteiger partial charge in [0.1, 0.15) is 5.82 Å². The molecule has 31 heavy (non-hydrogen) atoms. The second kappa shape index (κ2) is 9.69. The van der Waals surface area contributed by atoms with Crippen LogP contribution in [0, 0.1) is 5.82 Å². The summed E-state index contributed by atoms with van der Waals surface area (Å²) in [5.41, 5.74) is 2.84. The van der Waals surface area contributed by atoms with Crippen LogP contribution in [0.1, 0.15) is 15.9 Å². The maximum atomic E-state index is 13.9. The highest BCUT2D eigenvalue weighted by Gasteiger charge is 2.18. The number of nitrogens with zero attached hydrogens (tertiary/aromatic N) is 2. The van der Waals surface area contributed by atoms with E-state index in [2.05, 4.69) is 15.1 Å². The summed E-state index contributed by atoms with van der Waals surface area (Å²) in [4.78, 5) is 17.0. The highest BCUT2D eigenvalue weighted by molar-refractivity contribution is 6.36. The predicted molar refractivity (Wildman–Crippen MR) is 125 cm³/mol. The summed E-state index contributed by atoms with van der Waals surface area (Å²) < 4.78 is 13.9. The molecule has 160 valence electrons. The SMILES string of the molecule is O=C(Nc1ccc(N2CCN(Cc3ccccc3F)CC2)cc1)c1cc(Cl)ccc1Cl. The Balaban J connectivity index is 1.33. The summed E-state index contributed by atoms with van der Waals surface area (Å²) in [6.07, 6.45) is 0. The molecule has 0 unspecified atom stereocenters. The average Bonchev–Trinajstić information content (AvgIpc) is 2.78. The van der Waals surface area contributed by atoms with Crippen LogP contribution in [0.15, 0.2) is 66.7 Å². The van der Waals surface area contributed by atoms with E-state index in [1.165, 1.54) is 6.07 Å². The maximum Gasteiger partial charge on any atom is 0.257 e. The van der Waals surface area contributed by atoms with Crippen molar-refractivity contribution in [1.29, 1.82) is 0 Å². The van der Waals surface area contributed by atoms with Crippen molar-refractivity contribution in [3.05, 3.63) is 93.7 Å². The molecule has 0 bridgehead atoms. The second-order valence-corrected chi connectivity index (χ2v) is 8.32. The van der Waals surface area contributed by atoms with E-state index in [1.807, 2.05) is 36.4 Å². The van der Waals surface area contributed by atoms with E-state index in [9.17, 15) is 9.18 Å². The Bertz CT molecular complexity index is 1070. The molecule has 4 nitrogen and oxygen atoms in total. The van der Waals surface area contributed by atoms with Gasteiger partial charge in [-0.2, -0.15) is 0 Å². The van der Waals surface area contributed by atoms with Gasteiger partial charge in [-0.05, 0) is 48.5 Å². The minimum atomic E-state index is -0.304. The Hall–Kier alpha value is -2.60. The summed E-state index contributed by atoms with van der Waals surface area (Å²) in [5, 5.41) is 3.66. The van der Waals surface area contributed by atoms with E-state index >= 15 is 0 Å². The molecule has 1 N–H and O–H groups in total. The number of rotatable bonds is 5. The van der Waals surface area contributed by atoms with Crippen LogP contribution in [0.2, 0.25) is 10.0 Å². The monoisotopic (exact) mass is 457 g/mol. The van der Waals surface area contributed by atoms with E-state index in [4.69, 9.17) is 23.2 Å². The molecule has 1 aliphatic rings. The van der Waals surface area contributed by atoms with Gasteiger partial charge in [0.2, 0.25) is 0 Å². The summed E-state index contributed by atoms with van der Waals surface area (Å²) in [5.74, 6) is -0.455. The first-order valence-corrected chi connectivity index (χ1v) is 10.8. The van der Waals surface area contributed by atoms with Crippen LogP contribution in [0.5, 0.6) is 0 Å². The summed E-state index contributed by atoms with van der Waals surface area (Å²) in [6, 6.07) is 19.4. The fourth-order valence-corrected chi connectivity index (χ4v) is 4.03. The Morgan fingerprint density at radius 1 is 0.935 bits per heavy atom. The first kappa shape index (κ1) is 21.6. The largest absolute Gasteiger partial charge is 0.369 e. The zero-order valence-electron chi connectivity index (χ0n) is 16.8. The van der Waals surface area contributed by atoms with E-state index in [1.54, 1.807) is 24.3 Å². The zero-order valence-corrected chi connectivity index (χ0v) is 18.3. The Labute approximate surface area is 191 Å². The predicted octanol–water partition coefficient (Wildman–Crippen LogP) is 5.71. The van der Waals surface area contributed by atoms with Gasteiger partial charge in [0.25, 0.3) is 5.91 Å². The number of anilines is 2. The second-order valence-electron chi connectivity index (χ2n) is 7.48. The Morgan fingerprint density at radius 2 is 1.65 bits per heavy atom. The lowest BCUT2D eigenvalue weighted by molar-refractivity contribution is 0.102. The first-order valence-electron chi connectivity index (χ1n) is 10.1. The molecule has 0 aromatic heterocycles. The molecule has 0 radical (unpaired) electrons. The minimum Gasteiger partial charge on any atom is -0.369 e. The van der Waals surface area contributed by atoms with Crippen LogP contribution >= 0.6 is 23.2 Å². The van der Waals surface area contributed by atoms with Crippen molar-refractivity contribution in [3.63, 3.8) is 0 Å².